The molecule has 2 heterocycles. The van der Waals surface area contributed by atoms with Crippen molar-refractivity contribution in [3.05, 3.63) is 29.8 Å². The van der Waals surface area contributed by atoms with Gasteiger partial charge in [-0.3, -0.25) is 14.6 Å². The zero-order chi connectivity index (χ0) is 20.3. The molecule has 1 aromatic rings. The second kappa shape index (κ2) is 8.19. The van der Waals surface area contributed by atoms with Crippen LogP contribution in [0.25, 0.3) is 0 Å². The third-order valence-corrected chi connectivity index (χ3v) is 4.97. The highest BCUT2D eigenvalue weighted by atomic mass is 16.6. The smallest absolute Gasteiger partial charge is 0.414 e. The number of hydrogen-bond acceptors (Lipinski definition) is 6. The van der Waals surface area contributed by atoms with Crippen LogP contribution in [0.4, 0.5) is 10.5 Å². The van der Waals surface area contributed by atoms with E-state index in [9.17, 15) is 9.59 Å². The van der Waals surface area contributed by atoms with Gasteiger partial charge in [0.05, 0.1) is 24.1 Å². The Kier molecular flexibility index (Phi) is 5.90. The second-order valence-electron chi connectivity index (χ2n) is 8.38. The molecule has 0 aliphatic carbocycles. The van der Waals surface area contributed by atoms with Crippen molar-refractivity contribution in [1.82, 2.24) is 4.90 Å². The number of esters is 1. The lowest BCUT2D eigenvalue weighted by molar-refractivity contribution is -0.161. The van der Waals surface area contributed by atoms with Gasteiger partial charge in [-0.15, -0.1) is 0 Å². The first kappa shape index (κ1) is 20.2. The fourth-order valence-corrected chi connectivity index (χ4v) is 3.57. The highest BCUT2D eigenvalue weighted by Gasteiger charge is 2.35. The molecule has 0 bridgehead atoms. The van der Waals surface area contributed by atoms with E-state index in [1.807, 2.05) is 20.8 Å². The zero-order valence-corrected chi connectivity index (χ0v) is 16.7. The Balaban J connectivity index is 1.49. The molecule has 1 unspecified atom stereocenters. The summed E-state index contributed by atoms with van der Waals surface area (Å²) in [4.78, 5) is 28.3. The number of carbonyl (C=O) groups is 2. The fraction of sp³-hybridized carbons (Fsp3) is 0.571. The molecule has 0 aromatic heterocycles. The number of rotatable bonds is 4. The van der Waals surface area contributed by atoms with Gasteiger partial charge in [0.15, 0.2) is 0 Å². The number of nitriles is 1. The molecule has 3 rings (SSSR count). The molecule has 2 saturated heterocycles. The molecule has 2 fully saturated rings. The first-order chi connectivity index (χ1) is 13.2. The highest BCUT2D eigenvalue weighted by Crippen LogP contribution is 2.25. The Morgan fingerprint density at radius 1 is 1.25 bits per heavy atom. The van der Waals surface area contributed by atoms with Crippen molar-refractivity contribution in [3.8, 4) is 6.07 Å². The average Bonchev–Trinajstić information content (AvgIpc) is 3.01. The minimum absolute atomic E-state index is 0.0586. The van der Waals surface area contributed by atoms with Crippen LogP contribution in [0.2, 0.25) is 0 Å². The number of likely N-dealkylation sites (tertiary alicyclic amines) is 1. The molecule has 0 spiro atoms. The van der Waals surface area contributed by atoms with Crippen LogP contribution in [-0.4, -0.2) is 54.8 Å². The summed E-state index contributed by atoms with van der Waals surface area (Å²) in [6, 6.07) is 8.97. The molecule has 2 aliphatic rings. The number of anilines is 1. The molecule has 0 radical (unpaired) electrons. The van der Waals surface area contributed by atoms with Crippen LogP contribution < -0.4 is 4.90 Å². The first-order valence-corrected chi connectivity index (χ1v) is 9.69. The van der Waals surface area contributed by atoms with Gasteiger partial charge in [0.2, 0.25) is 0 Å². The third kappa shape index (κ3) is 5.02. The van der Waals surface area contributed by atoms with Gasteiger partial charge >= 0.3 is 12.1 Å². The van der Waals surface area contributed by atoms with E-state index < -0.39 is 5.60 Å². The maximum Gasteiger partial charge on any atom is 0.414 e. The lowest BCUT2D eigenvalue weighted by Gasteiger charge is -2.33. The summed E-state index contributed by atoms with van der Waals surface area (Å²) in [6.45, 7) is 8.36. The van der Waals surface area contributed by atoms with Crippen molar-refractivity contribution in [2.24, 2.45) is 5.92 Å². The molecule has 1 amide bonds. The van der Waals surface area contributed by atoms with Crippen molar-refractivity contribution in [3.63, 3.8) is 0 Å². The number of ether oxygens (including phenoxy) is 2. The van der Waals surface area contributed by atoms with E-state index in [2.05, 4.69) is 11.0 Å². The predicted octanol–water partition coefficient (Wildman–Crippen LogP) is 2.94. The first-order valence-electron chi connectivity index (χ1n) is 9.69. The predicted molar refractivity (Wildman–Crippen MR) is 104 cm³/mol. The summed E-state index contributed by atoms with van der Waals surface area (Å²) in [5.41, 5.74) is 0.831. The largest absolute Gasteiger partial charge is 0.460 e. The van der Waals surface area contributed by atoms with Crippen LogP contribution in [0, 0.1) is 17.2 Å². The molecule has 1 aromatic carbocycles. The van der Waals surface area contributed by atoms with Crippen LogP contribution in [0.5, 0.6) is 0 Å². The Labute approximate surface area is 165 Å². The maximum absolute atomic E-state index is 12.2. The van der Waals surface area contributed by atoms with E-state index in [0.29, 0.717) is 18.7 Å². The summed E-state index contributed by atoms with van der Waals surface area (Å²) in [5, 5.41) is 8.89. The van der Waals surface area contributed by atoms with Crippen LogP contribution >= 0.6 is 0 Å². The quantitative estimate of drug-likeness (QED) is 0.741. The molecular formula is C21H27N3O4. The molecule has 7 heteroatoms. The van der Waals surface area contributed by atoms with Gasteiger partial charge in [-0.2, -0.15) is 5.26 Å². The van der Waals surface area contributed by atoms with Crippen molar-refractivity contribution >= 4 is 17.7 Å². The number of benzene rings is 1. The second-order valence-corrected chi connectivity index (χ2v) is 8.38. The standard InChI is InChI=1S/C21H27N3O4/c1-21(2,3)28-19(25)16-8-10-23(11-9-16)13-18-14-24(20(26)27-18)17-6-4-15(12-22)5-7-17/h4-7,16,18H,8-11,13-14H2,1-3H3. The molecule has 0 saturated carbocycles. The molecular weight excluding hydrogens is 358 g/mol. The minimum Gasteiger partial charge on any atom is -0.460 e. The van der Waals surface area contributed by atoms with Gasteiger partial charge in [0, 0.05) is 12.2 Å². The van der Waals surface area contributed by atoms with Gasteiger partial charge in [-0.1, -0.05) is 0 Å². The zero-order valence-electron chi connectivity index (χ0n) is 16.7. The summed E-state index contributed by atoms with van der Waals surface area (Å²) < 4.78 is 11.0. The van der Waals surface area contributed by atoms with E-state index in [-0.39, 0.29) is 24.1 Å². The van der Waals surface area contributed by atoms with Gasteiger partial charge in [-0.05, 0) is 71.0 Å². The Morgan fingerprint density at radius 2 is 1.89 bits per heavy atom. The van der Waals surface area contributed by atoms with Crippen molar-refractivity contribution < 1.29 is 19.1 Å². The highest BCUT2D eigenvalue weighted by molar-refractivity contribution is 5.89. The molecule has 150 valence electrons. The molecule has 0 N–H and O–H groups in total. The lowest BCUT2D eigenvalue weighted by Crippen LogP contribution is -2.42. The SMILES string of the molecule is CC(C)(C)OC(=O)C1CCN(CC2CN(c3ccc(C#N)cc3)C(=O)O2)CC1. The van der Waals surface area contributed by atoms with E-state index in [1.54, 1.807) is 29.2 Å². The monoisotopic (exact) mass is 385 g/mol. The maximum atomic E-state index is 12.2. The van der Waals surface area contributed by atoms with Crippen molar-refractivity contribution in [1.29, 1.82) is 5.26 Å². The van der Waals surface area contributed by atoms with Crippen LogP contribution in [0.3, 0.4) is 0 Å². The molecule has 28 heavy (non-hydrogen) atoms. The Hall–Kier alpha value is -2.59. The summed E-state index contributed by atoms with van der Waals surface area (Å²) in [6.07, 6.45) is 0.948. The van der Waals surface area contributed by atoms with Gasteiger partial charge in [0.1, 0.15) is 11.7 Å². The minimum atomic E-state index is -0.457. The third-order valence-electron chi connectivity index (χ3n) is 4.97. The van der Waals surface area contributed by atoms with E-state index >= 15 is 0 Å². The summed E-state index contributed by atoms with van der Waals surface area (Å²) >= 11 is 0. The average molecular weight is 385 g/mol. The van der Waals surface area contributed by atoms with E-state index in [0.717, 1.165) is 31.6 Å². The molecule has 7 nitrogen and oxygen atoms in total. The summed E-state index contributed by atoms with van der Waals surface area (Å²) in [5.74, 6) is -0.178. The van der Waals surface area contributed by atoms with Crippen LogP contribution in [0.1, 0.15) is 39.2 Å². The van der Waals surface area contributed by atoms with Gasteiger partial charge < -0.3 is 9.47 Å². The number of nitrogens with zero attached hydrogens (tertiary/aromatic N) is 3. The lowest BCUT2D eigenvalue weighted by atomic mass is 9.96. The van der Waals surface area contributed by atoms with Crippen LogP contribution in [-0.2, 0) is 14.3 Å². The molecule has 2 aliphatic heterocycles. The number of hydrogen-bond donors (Lipinski definition) is 0. The van der Waals surface area contributed by atoms with Gasteiger partial charge in [0.25, 0.3) is 0 Å². The molecule has 1 atom stereocenters. The summed E-state index contributed by atoms with van der Waals surface area (Å²) in [7, 11) is 0. The van der Waals surface area contributed by atoms with Crippen molar-refractivity contribution in [2.75, 3.05) is 31.1 Å². The number of amides is 1. The topological polar surface area (TPSA) is 82.9 Å². The van der Waals surface area contributed by atoms with E-state index in [4.69, 9.17) is 14.7 Å². The Bertz CT molecular complexity index is 755. The number of piperidine rings is 1. The normalized spacial score (nSPS) is 21.3. The number of cyclic esters (lactones) is 1. The number of carbonyl (C=O) groups excluding carboxylic acids is 2. The van der Waals surface area contributed by atoms with Crippen molar-refractivity contribution in [2.45, 2.75) is 45.3 Å². The van der Waals surface area contributed by atoms with Gasteiger partial charge in [-0.25, -0.2) is 4.79 Å². The van der Waals surface area contributed by atoms with Crippen LogP contribution in [0.15, 0.2) is 24.3 Å². The fourth-order valence-electron chi connectivity index (χ4n) is 3.57. The van der Waals surface area contributed by atoms with E-state index in [1.165, 1.54) is 0 Å². The Morgan fingerprint density at radius 3 is 2.46 bits per heavy atom.